The average molecular weight is 233 g/mol. The summed E-state index contributed by atoms with van der Waals surface area (Å²) in [5, 5.41) is 0. The predicted octanol–water partition coefficient (Wildman–Crippen LogP) is 2.27. The summed E-state index contributed by atoms with van der Waals surface area (Å²) < 4.78 is 0. The fraction of sp³-hybridized carbons (Fsp3) is 1.00. The van der Waals surface area contributed by atoms with Crippen LogP contribution in [0.25, 0.3) is 0 Å². The molecule has 0 spiro atoms. The normalized spacial score (nSPS) is 37.6. The maximum absolute atomic E-state index is 5.92. The summed E-state index contributed by atoms with van der Waals surface area (Å²) in [6.45, 7) is 6.13. The van der Waals surface area contributed by atoms with Crippen molar-refractivity contribution in [3.05, 3.63) is 0 Å². The molecule has 2 rings (SSSR count). The zero-order valence-electron chi connectivity index (χ0n) is 9.82. The zero-order chi connectivity index (χ0) is 9.97. The summed E-state index contributed by atoms with van der Waals surface area (Å²) in [6.07, 6.45) is 7.02. The van der Waals surface area contributed by atoms with E-state index >= 15 is 0 Å². The molecule has 1 aliphatic heterocycles. The van der Waals surface area contributed by atoms with Gasteiger partial charge >= 0.3 is 0 Å². The van der Waals surface area contributed by atoms with E-state index in [1.807, 2.05) is 0 Å². The average Bonchev–Trinajstić information content (AvgIpc) is 2.56. The standard InChI is InChI=1S/C12H24N2.ClH/c1-10-4-2-3-5-11(10)8-14-7-6-12(13)9-14;/h10-12H,2-9,13H2,1H3;1H/t10?,11?,12-;/m1./s1. The van der Waals surface area contributed by atoms with Crippen LogP contribution in [0, 0.1) is 11.8 Å². The lowest BCUT2D eigenvalue weighted by atomic mass is 9.80. The number of nitrogens with zero attached hydrogens (tertiary/aromatic N) is 1. The first kappa shape index (κ1) is 13.3. The second-order valence-electron chi connectivity index (χ2n) is 5.33. The minimum absolute atomic E-state index is 0. The van der Waals surface area contributed by atoms with Crippen LogP contribution in [0.2, 0.25) is 0 Å². The molecule has 15 heavy (non-hydrogen) atoms. The Morgan fingerprint density at radius 2 is 1.93 bits per heavy atom. The third-order valence-electron chi connectivity index (χ3n) is 4.09. The third-order valence-corrected chi connectivity index (χ3v) is 4.09. The number of likely N-dealkylation sites (tertiary alicyclic amines) is 1. The van der Waals surface area contributed by atoms with Crippen LogP contribution in [0.4, 0.5) is 0 Å². The van der Waals surface area contributed by atoms with Gasteiger partial charge in [0.15, 0.2) is 0 Å². The Morgan fingerprint density at radius 1 is 1.20 bits per heavy atom. The van der Waals surface area contributed by atoms with Gasteiger partial charge < -0.3 is 10.6 Å². The summed E-state index contributed by atoms with van der Waals surface area (Å²) in [4.78, 5) is 2.58. The van der Waals surface area contributed by atoms with E-state index in [0.717, 1.165) is 18.4 Å². The van der Waals surface area contributed by atoms with Gasteiger partial charge in [0, 0.05) is 19.1 Å². The Labute approximate surface area is 100.0 Å². The van der Waals surface area contributed by atoms with Crippen molar-refractivity contribution in [2.24, 2.45) is 17.6 Å². The Hall–Kier alpha value is 0.210. The Kier molecular flexibility index (Phi) is 5.37. The van der Waals surface area contributed by atoms with Crippen LogP contribution in [-0.4, -0.2) is 30.6 Å². The highest BCUT2D eigenvalue weighted by Crippen LogP contribution is 2.30. The van der Waals surface area contributed by atoms with Gasteiger partial charge in [-0.3, -0.25) is 0 Å². The van der Waals surface area contributed by atoms with Crippen molar-refractivity contribution in [3.8, 4) is 0 Å². The lowest BCUT2D eigenvalue weighted by Gasteiger charge is -2.32. The fourth-order valence-corrected chi connectivity index (χ4v) is 3.02. The summed E-state index contributed by atoms with van der Waals surface area (Å²) in [5.41, 5.74) is 5.92. The second kappa shape index (κ2) is 6.07. The van der Waals surface area contributed by atoms with Crippen molar-refractivity contribution >= 4 is 12.4 Å². The van der Waals surface area contributed by atoms with Gasteiger partial charge in [0.2, 0.25) is 0 Å². The maximum Gasteiger partial charge on any atom is 0.0180 e. The number of nitrogens with two attached hydrogens (primary N) is 1. The molecule has 0 amide bonds. The molecule has 1 saturated heterocycles. The van der Waals surface area contributed by atoms with Crippen molar-refractivity contribution in [1.82, 2.24) is 4.90 Å². The highest BCUT2D eigenvalue weighted by atomic mass is 35.5. The van der Waals surface area contributed by atoms with Gasteiger partial charge in [0.1, 0.15) is 0 Å². The van der Waals surface area contributed by atoms with Gasteiger partial charge in [0.25, 0.3) is 0 Å². The van der Waals surface area contributed by atoms with Gasteiger partial charge in [-0.1, -0.05) is 26.2 Å². The summed E-state index contributed by atoms with van der Waals surface area (Å²) in [6, 6.07) is 0.453. The summed E-state index contributed by atoms with van der Waals surface area (Å²) in [7, 11) is 0. The first-order chi connectivity index (χ1) is 6.75. The first-order valence-corrected chi connectivity index (χ1v) is 6.23. The van der Waals surface area contributed by atoms with Crippen molar-refractivity contribution in [2.45, 2.75) is 45.1 Å². The summed E-state index contributed by atoms with van der Waals surface area (Å²) in [5.74, 6) is 1.90. The van der Waals surface area contributed by atoms with Crippen LogP contribution >= 0.6 is 12.4 Å². The van der Waals surface area contributed by atoms with Crippen molar-refractivity contribution in [3.63, 3.8) is 0 Å². The van der Waals surface area contributed by atoms with Crippen LogP contribution in [0.15, 0.2) is 0 Å². The van der Waals surface area contributed by atoms with Crippen molar-refractivity contribution in [1.29, 1.82) is 0 Å². The third kappa shape index (κ3) is 3.61. The van der Waals surface area contributed by atoms with E-state index in [9.17, 15) is 0 Å². The minimum atomic E-state index is 0. The predicted molar refractivity (Wildman–Crippen MR) is 67.4 cm³/mol. The Morgan fingerprint density at radius 3 is 2.53 bits per heavy atom. The van der Waals surface area contributed by atoms with E-state index in [-0.39, 0.29) is 12.4 Å². The number of hydrogen-bond acceptors (Lipinski definition) is 2. The van der Waals surface area contributed by atoms with E-state index in [2.05, 4.69) is 11.8 Å². The van der Waals surface area contributed by atoms with Crippen LogP contribution in [0.1, 0.15) is 39.0 Å². The number of halogens is 1. The molecule has 0 aromatic rings. The number of hydrogen-bond donors (Lipinski definition) is 1. The van der Waals surface area contributed by atoms with Crippen LogP contribution < -0.4 is 5.73 Å². The molecule has 2 nitrogen and oxygen atoms in total. The summed E-state index contributed by atoms with van der Waals surface area (Å²) >= 11 is 0. The van der Waals surface area contributed by atoms with Gasteiger partial charge in [-0.05, 0) is 31.2 Å². The molecule has 3 heteroatoms. The molecule has 3 atom stereocenters. The SMILES string of the molecule is CC1CCCCC1CN1CC[C@@H](N)C1.Cl. The van der Waals surface area contributed by atoms with Crippen LogP contribution in [-0.2, 0) is 0 Å². The molecule has 2 fully saturated rings. The van der Waals surface area contributed by atoms with Crippen LogP contribution in [0.5, 0.6) is 0 Å². The molecule has 1 aliphatic carbocycles. The second-order valence-corrected chi connectivity index (χ2v) is 5.33. The molecule has 1 saturated carbocycles. The molecule has 0 radical (unpaired) electrons. The molecule has 0 aromatic carbocycles. The van der Waals surface area contributed by atoms with Crippen molar-refractivity contribution in [2.75, 3.05) is 19.6 Å². The van der Waals surface area contributed by atoms with E-state index in [1.54, 1.807) is 0 Å². The van der Waals surface area contributed by atoms with Gasteiger partial charge in [-0.2, -0.15) is 0 Å². The molecule has 90 valence electrons. The minimum Gasteiger partial charge on any atom is -0.326 e. The van der Waals surface area contributed by atoms with E-state index < -0.39 is 0 Å². The Bertz CT molecular complexity index is 186. The Balaban J connectivity index is 0.00000112. The monoisotopic (exact) mass is 232 g/mol. The molecule has 0 aromatic heterocycles. The van der Waals surface area contributed by atoms with E-state index in [1.165, 1.54) is 45.2 Å². The van der Waals surface area contributed by atoms with E-state index in [4.69, 9.17) is 5.73 Å². The molecular formula is C12H25ClN2. The highest BCUT2D eigenvalue weighted by Gasteiger charge is 2.26. The van der Waals surface area contributed by atoms with Gasteiger partial charge in [0.05, 0.1) is 0 Å². The van der Waals surface area contributed by atoms with Gasteiger partial charge in [-0.15, -0.1) is 12.4 Å². The largest absolute Gasteiger partial charge is 0.326 e. The quantitative estimate of drug-likeness (QED) is 0.792. The van der Waals surface area contributed by atoms with E-state index in [0.29, 0.717) is 6.04 Å². The fourth-order valence-electron chi connectivity index (χ4n) is 3.02. The lowest BCUT2D eigenvalue weighted by Crippen LogP contribution is -2.34. The zero-order valence-corrected chi connectivity index (χ0v) is 10.6. The molecule has 2 unspecified atom stereocenters. The molecule has 2 N–H and O–H groups in total. The molecule has 1 heterocycles. The number of rotatable bonds is 2. The molecule has 0 bridgehead atoms. The highest BCUT2D eigenvalue weighted by molar-refractivity contribution is 5.85. The topological polar surface area (TPSA) is 29.3 Å². The maximum atomic E-state index is 5.92. The first-order valence-electron chi connectivity index (χ1n) is 6.23. The van der Waals surface area contributed by atoms with Crippen LogP contribution in [0.3, 0.4) is 0 Å². The molecule has 2 aliphatic rings. The van der Waals surface area contributed by atoms with Crippen molar-refractivity contribution < 1.29 is 0 Å². The smallest absolute Gasteiger partial charge is 0.0180 e. The van der Waals surface area contributed by atoms with Gasteiger partial charge in [-0.25, -0.2) is 0 Å². The lowest BCUT2D eigenvalue weighted by molar-refractivity contribution is 0.179. The molecular weight excluding hydrogens is 208 g/mol.